The predicted octanol–water partition coefficient (Wildman–Crippen LogP) is 1.16. The molecule has 0 saturated heterocycles. The highest BCUT2D eigenvalue weighted by molar-refractivity contribution is 5.83. The van der Waals surface area contributed by atoms with Crippen LogP contribution < -0.4 is 11.1 Å². The smallest absolute Gasteiger partial charge is 0.227 e. The Kier molecular flexibility index (Phi) is 3.24. The molecule has 1 saturated carbocycles. The zero-order chi connectivity index (χ0) is 12.5. The van der Waals surface area contributed by atoms with Gasteiger partial charge >= 0.3 is 0 Å². The van der Waals surface area contributed by atoms with Crippen molar-refractivity contribution in [3.8, 4) is 0 Å². The normalized spacial score (nSPS) is 28.3. The van der Waals surface area contributed by atoms with Gasteiger partial charge in [-0.2, -0.15) is 0 Å². The van der Waals surface area contributed by atoms with Crippen LogP contribution >= 0.6 is 0 Å². The highest BCUT2D eigenvalue weighted by Gasteiger charge is 2.42. The van der Waals surface area contributed by atoms with Crippen molar-refractivity contribution >= 4 is 5.91 Å². The van der Waals surface area contributed by atoms with Crippen molar-refractivity contribution < 1.29 is 4.79 Å². The standard InChI is InChI=1S/C13H21N3O/c1-13(6-3-4-11(13)14)12(17)15-8-10-5-7-16(2)9-10/h5,7,9,11H,3-4,6,8,14H2,1-2H3,(H,15,17). The van der Waals surface area contributed by atoms with Crippen molar-refractivity contribution in [3.05, 3.63) is 24.0 Å². The number of aromatic nitrogens is 1. The largest absolute Gasteiger partial charge is 0.357 e. The van der Waals surface area contributed by atoms with Gasteiger partial charge in [-0.3, -0.25) is 4.79 Å². The van der Waals surface area contributed by atoms with Crippen molar-refractivity contribution in [1.82, 2.24) is 9.88 Å². The summed E-state index contributed by atoms with van der Waals surface area (Å²) in [6.45, 7) is 2.56. The number of amides is 1. The van der Waals surface area contributed by atoms with E-state index in [1.54, 1.807) is 0 Å². The maximum atomic E-state index is 12.2. The Bertz CT molecular complexity index is 413. The molecule has 2 rings (SSSR count). The lowest BCUT2D eigenvalue weighted by Gasteiger charge is -2.27. The van der Waals surface area contributed by atoms with Crippen LogP contribution in [-0.4, -0.2) is 16.5 Å². The molecule has 2 unspecified atom stereocenters. The van der Waals surface area contributed by atoms with Gasteiger partial charge in [0.1, 0.15) is 0 Å². The minimum absolute atomic E-state index is 0.00160. The monoisotopic (exact) mass is 235 g/mol. The predicted molar refractivity (Wildman–Crippen MR) is 67.2 cm³/mol. The van der Waals surface area contributed by atoms with Gasteiger partial charge in [0, 0.05) is 32.0 Å². The number of carbonyl (C=O) groups is 1. The molecule has 2 atom stereocenters. The molecule has 0 radical (unpaired) electrons. The van der Waals surface area contributed by atoms with Crippen LogP contribution in [-0.2, 0) is 18.4 Å². The van der Waals surface area contributed by atoms with E-state index in [1.165, 1.54) is 0 Å². The van der Waals surface area contributed by atoms with Gasteiger partial charge in [0.2, 0.25) is 5.91 Å². The third-order valence-electron chi connectivity index (χ3n) is 3.89. The third kappa shape index (κ3) is 2.36. The molecule has 0 aromatic carbocycles. The zero-order valence-electron chi connectivity index (χ0n) is 10.6. The molecule has 4 nitrogen and oxygen atoms in total. The van der Waals surface area contributed by atoms with Crippen LogP contribution in [0.1, 0.15) is 31.7 Å². The molecular weight excluding hydrogens is 214 g/mol. The summed E-state index contributed by atoms with van der Waals surface area (Å²) in [7, 11) is 1.97. The summed E-state index contributed by atoms with van der Waals surface area (Å²) in [5.41, 5.74) is 6.76. The Balaban J connectivity index is 1.93. The molecule has 0 spiro atoms. The van der Waals surface area contributed by atoms with Crippen LogP contribution in [0, 0.1) is 5.41 Å². The molecule has 4 heteroatoms. The van der Waals surface area contributed by atoms with Crippen LogP contribution in [0.15, 0.2) is 18.5 Å². The molecule has 1 heterocycles. The molecule has 0 aliphatic heterocycles. The van der Waals surface area contributed by atoms with Gasteiger partial charge in [0.25, 0.3) is 0 Å². The van der Waals surface area contributed by atoms with Crippen LogP contribution in [0.5, 0.6) is 0 Å². The minimum Gasteiger partial charge on any atom is -0.357 e. The van der Waals surface area contributed by atoms with Gasteiger partial charge in [-0.1, -0.05) is 6.42 Å². The molecule has 1 aliphatic rings. The lowest BCUT2D eigenvalue weighted by Crippen LogP contribution is -2.47. The van der Waals surface area contributed by atoms with Gasteiger partial charge in [0.05, 0.1) is 5.41 Å². The summed E-state index contributed by atoms with van der Waals surface area (Å²) in [5, 5.41) is 2.99. The number of hydrogen-bond donors (Lipinski definition) is 2. The molecule has 3 N–H and O–H groups in total. The van der Waals surface area contributed by atoms with E-state index in [0.29, 0.717) is 6.54 Å². The van der Waals surface area contributed by atoms with Crippen LogP contribution in [0.2, 0.25) is 0 Å². The van der Waals surface area contributed by atoms with Gasteiger partial charge in [0.15, 0.2) is 0 Å². The summed E-state index contributed by atoms with van der Waals surface area (Å²) in [6, 6.07) is 2.01. The molecule has 94 valence electrons. The number of rotatable bonds is 3. The summed E-state index contributed by atoms with van der Waals surface area (Å²) in [4.78, 5) is 12.2. The van der Waals surface area contributed by atoms with E-state index in [0.717, 1.165) is 24.8 Å². The second-order valence-corrected chi connectivity index (χ2v) is 5.28. The van der Waals surface area contributed by atoms with Crippen molar-refractivity contribution in [2.45, 2.75) is 38.8 Å². The van der Waals surface area contributed by atoms with E-state index in [-0.39, 0.29) is 17.4 Å². The quantitative estimate of drug-likeness (QED) is 0.826. The Morgan fingerprint density at radius 3 is 3.00 bits per heavy atom. The van der Waals surface area contributed by atoms with Crippen LogP contribution in [0.4, 0.5) is 0 Å². The second kappa shape index (κ2) is 4.53. The summed E-state index contributed by atoms with van der Waals surface area (Å²) in [5.74, 6) is 0.0892. The molecule has 1 fully saturated rings. The Hall–Kier alpha value is -1.29. The Morgan fingerprint density at radius 2 is 2.47 bits per heavy atom. The van der Waals surface area contributed by atoms with Crippen molar-refractivity contribution in [2.75, 3.05) is 0 Å². The summed E-state index contributed by atoms with van der Waals surface area (Å²) >= 11 is 0. The van der Waals surface area contributed by atoms with Gasteiger partial charge in [-0.25, -0.2) is 0 Å². The average molecular weight is 235 g/mol. The molecule has 1 aliphatic carbocycles. The summed E-state index contributed by atoms with van der Waals surface area (Å²) < 4.78 is 1.98. The number of nitrogens with one attached hydrogen (secondary N) is 1. The minimum atomic E-state index is -0.380. The maximum Gasteiger partial charge on any atom is 0.227 e. The van der Waals surface area contributed by atoms with Gasteiger partial charge in [-0.05, 0) is 31.4 Å². The molecule has 17 heavy (non-hydrogen) atoms. The van der Waals surface area contributed by atoms with Crippen molar-refractivity contribution in [3.63, 3.8) is 0 Å². The topological polar surface area (TPSA) is 60.0 Å². The molecule has 1 amide bonds. The lowest BCUT2D eigenvalue weighted by molar-refractivity contribution is -0.130. The number of nitrogens with two attached hydrogens (primary N) is 1. The van der Waals surface area contributed by atoms with E-state index in [2.05, 4.69) is 5.32 Å². The van der Waals surface area contributed by atoms with Crippen molar-refractivity contribution in [2.24, 2.45) is 18.2 Å². The highest BCUT2D eigenvalue weighted by Crippen LogP contribution is 2.36. The SMILES string of the molecule is Cn1ccc(CNC(=O)C2(C)CCCC2N)c1. The first kappa shape index (κ1) is 12.2. The van der Waals surface area contributed by atoms with E-state index in [4.69, 9.17) is 5.73 Å². The molecule has 1 aromatic heterocycles. The fourth-order valence-electron chi connectivity index (χ4n) is 2.52. The summed E-state index contributed by atoms with van der Waals surface area (Å²) in [6.07, 6.45) is 6.89. The first-order valence-electron chi connectivity index (χ1n) is 6.17. The first-order chi connectivity index (χ1) is 8.02. The lowest BCUT2D eigenvalue weighted by atomic mass is 9.84. The fraction of sp³-hybridized carbons (Fsp3) is 0.615. The van der Waals surface area contributed by atoms with Crippen LogP contribution in [0.25, 0.3) is 0 Å². The third-order valence-corrected chi connectivity index (χ3v) is 3.89. The number of hydrogen-bond acceptors (Lipinski definition) is 2. The van der Waals surface area contributed by atoms with E-state index in [1.807, 2.05) is 37.0 Å². The number of carbonyl (C=O) groups excluding carboxylic acids is 1. The van der Waals surface area contributed by atoms with Crippen molar-refractivity contribution in [1.29, 1.82) is 0 Å². The molecule has 0 bridgehead atoms. The Morgan fingerprint density at radius 1 is 1.71 bits per heavy atom. The average Bonchev–Trinajstić information content (AvgIpc) is 2.84. The number of nitrogens with zero attached hydrogens (tertiary/aromatic N) is 1. The molecule has 1 aromatic rings. The van der Waals surface area contributed by atoms with Gasteiger partial charge < -0.3 is 15.6 Å². The molecular formula is C13H21N3O. The van der Waals surface area contributed by atoms with E-state index < -0.39 is 0 Å². The fourth-order valence-corrected chi connectivity index (χ4v) is 2.52. The van der Waals surface area contributed by atoms with E-state index >= 15 is 0 Å². The number of aryl methyl sites for hydroxylation is 1. The van der Waals surface area contributed by atoms with Gasteiger partial charge in [-0.15, -0.1) is 0 Å². The highest BCUT2D eigenvalue weighted by atomic mass is 16.2. The second-order valence-electron chi connectivity index (χ2n) is 5.28. The zero-order valence-corrected chi connectivity index (χ0v) is 10.6. The maximum absolute atomic E-state index is 12.2. The van der Waals surface area contributed by atoms with E-state index in [9.17, 15) is 4.79 Å². The Labute approximate surface area is 102 Å². The first-order valence-corrected chi connectivity index (χ1v) is 6.17. The van der Waals surface area contributed by atoms with Crippen LogP contribution in [0.3, 0.4) is 0 Å².